The van der Waals surface area contributed by atoms with Gasteiger partial charge in [0.15, 0.2) is 0 Å². The third-order valence-electron chi connectivity index (χ3n) is 2.93. The fourth-order valence-corrected chi connectivity index (χ4v) is 1.86. The lowest BCUT2D eigenvalue weighted by Crippen LogP contribution is -1.96. The number of nitrogens with zero attached hydrogens (tertiary/aromatic N) is 2. The van der Waals surface area contributed by atoms with Gasteiger partial charge in [0.2, 0.25) is 5.88 Å². The number of pyridine rings is 1. The van der Waals surface area contributed by atoms with Crippen molar-refractivity contribution in [2.45, 2.75) is 6.92 Å². The minimum Gasteiger partial charge on any atom is -0.440 e. The van der Waals surface area contributed by atoms with Crippen molar-refractivity contribution >= 4 is 11.3 Å². The summed E-state index contributed by atoms with van der Waals surface area (Å²) in [4.78, 5) is 4.22. The molecule has 4 heteroatoms. The Morgan fingerprint density at radius 1 is 1.17 bits per heavy atom. The molecule has 0 saturated carbocycles. The van der Waals surface area contributed by atoms with Gasteiger partial charge in [0.05, 0.1) is 0 Å². The Morgan fingerprint density at radius 2 is 2.00 bits per heavy atom. The van der Waals surface area contributed by atoms with Crippen LogP contribution in [-0.2, 0) is 0 Å². The minimum atomic E-state index is 0.721. The molecule has 2 N–H and O–H groups in total. The van der Waals surface area contributed by atoms with E-state index in [1.807, 2.05) is 53.9 Å². The number of ether oxygens (including phenoxy) is 1. The first-order chi connectivity index (χ1) is 8.75. The maximum absolute atomic E-state index is 5.90. The second kappa shape index (κ2) is 4.07. The Bertz CT molecular complexity index is 703. The summed E-state index contributed by atoms with van der Waals surface area (Å²) < 4.78 is 7.80. The van der Waals surface area contributed by atoms with Gasteiger partial charge >= 0.3 is 0 Å². The van der Waals surface area contributed by atoms with Gasteiger partial charge in [0.25, 0.3) is 0 Å². The van der Waals surface area contributed by atoms with Gasteiger partial charge in [0, 0.05) is 23.6 Å². The van der Waals surface area contributed by atoms with Crippen molar-refractivity contribution in [2.24, 2.45) is 0 Å². The number of fused-ring (bicyclic) bond motifs is 1. The van der Waals surface area contributed by atoms with Crippen LogP contribution in [0.2, 0.25) is 0 Å². The average Bonchev–Trinajstić information content (AvgIpc) is 2.84. The molecular formula is C14H13N3O. The Hall–Kier alpha value is -2.49. The molecule has 0 fully saturated rings. The van der Waals surface area contributed by atoms with Crippen molar-refractivity contribution in [1.29, 1.82) is 0 Å². The molecule has 0 aliphatic carbocycles. The van der Waals surface area contributed by atoms with Crippen LogP contribution >= 0.6 is 0 Å². The molecule has 0 amide bonds. The first-order valence-corrected chi connectivity index (χ1v) is 5.71. The van der Waals surface area contributed by atoms with Gasteiger partial charge in [-0.2, -0.15) is 0 Å². The Kier molecular flexibility index (Phi) is 2.41. The smallest absolute Gasteiger partial charge is 0.205 e. The second-order valence-corrected chi connectivity index (χ2v) is 4.09. The van der Waals surface area contributed by atoms with Crippen molar-refractivity contribution in [3.8, 4) is 11.6 Å². The molecule has 0 aliphatic rings. The Labute approximate surface area is 105 Å². The lowest BCUT2D eigenvalue weighted by atomic mass is 10.2. The fraction of sp³-hybridized carbons (Fsp3) is 0.0714. The summed E-state index contributed by atoms with van der Waals surface area (Å²) in [5.41, 5.74) is 8.39. The summed E-state index contributed by atoms with van der Waals surface area (Å²) in [6.45, 7) is 1.94. The van der Waals surface area contributed by atoms with Crippen LogP contribution in [0.4, 0.5) is 5.69 Å². The van der Waals surface area contributed by atoms with Gasteiger partial charge < -0.3 is 10.5 Å². The number of nitrogens with two attached hydrogens (primary N) is 1. The van der Waals surface area contributed by atoms with Crippen molar-refractivity contribution in [2.75, 3.05) is 5.73 Å². The molecule has 0 spiro atoms. The average molecular weight is 239 g/mol. The van der Waals surface area contributed by atoms with E-state index in [9.17, 15) is 0 Å². The quantitative estimate of drug-likeness (QED) is 0.699. The Balaban J connectivity index is 2.06. The van der Waals surface area contributed by atoms with Crippen LogP contribution < -0.4 is 10.5 Å². The monoisotopic (exact) mass is 239 g/mol. The van der Waals surface area contributed by atoms with Crippen molar-refractivity contribution in [3.05, 3.63) is 54.4 Å². The van der Waals surface area contributed by atoms with Crippen LogP contribution in [0.3, 0.4) is 0 Å². The highest BCUT2D eigenvalue weighted by Crippen LogP contribution is 2.28. The van der Waals surface area contributed by atoms with Crippen LogP contribution in [-0.4, -0.2) is 9.38 Å². The van der Waals surface area contributed by atoms with Crippen molar-refractivity contribution < 1.29 is 4.74 Å². The van der Waals surface area contributed by atoms with Gasteiger partial charge in [-0.1, -0.05) is 12.1 Å². The normalized spacial score (nSPS) is 10.7. The van der Waals surface area contributed by atoms with Crippen molar-refractivity contribution in [1.82, 2.24) is 9.38 Å². The maximum Gasteiger partial charge on any atom is 0.205 e. The van der Waals surface area contributed by atoms with E-state index in [1.54, 1.807) is 6.20 Å². The first-order valence-electron chi connectivity index (χ1n) is 5.71. The molecule has 3 aromatic rings. The van der Waals surface area contributed by atoms with E-state index in [0.717, 1.165) is 28.5 Å². The molecule has 1 aromatic carbocycles. The number of anilines is 1. The summed E-state index contributed by atoms with van der Waals surface area (Å²) >= 11 is 0. The molecular weight excluding hydrogens is 226 g/mol. The van der Waals surface area contributed by atoms with Crippen LogP contribution in [0.15, 0.2) is 48.8 Å². The van der Waals surface area contributed by atoms with E-state index in [0.29, 0.717) is 0 Å². The van der Waals surface area contributed by atoms with Crippen LogP contribution in [0.25, 0.3) is 5.65 Å². The summed E-state index contributed by atoms with van der Waals surface area (Å²) in [6, 6.07) is 11.4. The number of hydrogen-bond donors (Lipinski definition) is 1. The summed E-state index contributed by atoms with van der Waals surface area (Å²) in [6.07, 6.45) is 3.61. The van der Waals surface area contributed by atoms with Gasteiger partial charge in [-0.15, -0.1) is 0 Å². The third-order valence-corrected chi connectivity index (χ3v) is 2.93. The van der Waals surface area contributed by atoms with Gasteiger partial charge in [-0.3, -0.25) is 4.40 Å². The molecule has 2 aromatic heterocycles. The molecule has 0 radical (unpaired) electrons. The zero-order valence-corrected chi connectivity index (χ0v) is 10.00. The van der Waals surface area contributed by atoms with E-state index in [1.165, 1.54) is 0 Å². The molecule has 2 heterocycles. The lowest BCUT2D eigenvalue weighted by molar-refractivity contribution is 0.453. The van der Waals surface area contributed by atoms with E-state index in [4.69, 9.17) is 10.5 Å². The molecule has 0 saturated heterocycles. The standard InChI is InChI=1S/C14H13N3O/c1-10-11(15)4-2-5-12(10)18-14-7-3-6-13-16-8-9-17(13)14/h2-9H,15H2,1H3. The number of rotatable bonds is 2. The number of nitrogen functional groups attached to an aromatic ring is 1. The van der Waals surface area contributed by atoms with Crippen LogP contribution in [0.5, 0.6) is 11.6 Å². The molecule has 0 aliphatic heterocycles. The number of aromatic nitrogens is 2. The maximum atomic E-state index is 5.90. The fourth-order valence-electron chi connectivity index (χ4n) is 1.86. The zero-order valence-electron chi connectivity index (χ0n) is 10.00. The SMILES string of the molecule is Cc1c(N)cccc1Oc1cccc2nccn12. The van der Waals surface area contributed by atoms with E-state index < -0.39 is 0 Å². The van der Waals surface area contributed by atoms with Crippen molar-refractivity contribution in [3.63, 3.8) is 0 Å². The van der Waals surface area contributed by atoms with Gasteiger partial charge in [-0.25, -0.2) is 4.98 Å². The minimum absolute atomic E-state index is 0.721. The molecule has 0 bridgehead atoms. The lowest BCUT2D eigenvalue weighted by Gasteiger charge is -2.11. The summed E-state index contributed by atoms with van der Waals surface area (Å²) in [5.74, 6) is 1.48. The molecule has 18 heavy (non-hydrogen) atoms. The van der Waals surface area contributed by atoms with E-state index in [-0.39, 0.29) is 0 Å². The molecule has 4 nitrogen and oxygen atoms in total. The van der Waals surface area contributed by atoms with E-state index in [2.05, 4.69) is 4.98 Å². The first kappa shape index (κ1) is 10.7. The highest BCUT2D eigenvalue weighted by molar-refractivity contribution is 5.54. The largest absolute Gasteiger partial charge is 0.440 e. The number of imidazole rings is 1. The topological polar surface area (TPSA) is 52.5 Å². The predicted molar refractivity (Wildman–Crippen MR) is 70.9 cm³/mol. The second-order valence-electron chi connectivity index (χ2n) is 4.09. The van der Waals surface area contributed by atoms with Gasteiger partial charge in [0.1, 0.15) is 11.4 Å². The molecule has 90 valence electrons. The van der Waals surface area contributed by atoms with Crippen LogP contribution in [0, 0.1) is 6.92 Å². The molecule has 3 rings (SSSR count). The molecule has 0 unspecified atom stereocenters. The summed E-state index contributed by atoms with van der Waals surface area (Å²) in [5, 5.41) is 0. The third kappa shape index (κ3) is 1.68. The number of hydrogen-bond acceptors (Lipinski definition) is 3. The zero-order chi connectivity index (χ0) is 12.5. The van der Waals surface area contributed by atoms with Gasteiger partial charge in [-0.05, 0) is 31.2 Å². The highest BCUT2D eigenvalue weighted by atomic mass is 16.5. The Morgan fingerprint density at radius 3 is 2.89 bits per heavy atom. The predicted octanol–water partition coefficient (Wildman–Crippen LogP) is 3.02. The number of benzene rings is 1. The molecule has 0 atom stereocenters. The van der Waals surface area contributed by atoms with Crippen LogP contribution in [0.1, 0.15) is 5.56 Å². The van der Waals surface area contributed by atoms with E-state index >= 15 is 0 Å². The summed E-state index contributed by atoms with van der Waals surface area (Å²) in [7, 11) is 0. The highest BCUT2D eigenvalue weighted by Gasteiger charge is 2.06.